The third kappa shape index (κ3) is 28.6. The van der Waals surface area contributed by atoms with Gasteiger partial charge < -0.3 is 109 Å². The molecule has 28 N–H and O–H groups in total. The fourth-order valence-corrected chi connectivity index (χ4v) is 7.03. The van der Waals surface area contributed by atoms with Crippen molar-refractivity contribution in [1.29, 1.82) is 0 Å². The maximum atomic E-state index is 14.1. The van der Waals surface area contributed by atoms with Gasteiger partial charge in [0, 0.05) is 38.9 Å². The van der Waals surface area contributed by atoms with Crippen molar-refractivity contribution in [3.05, 3.63) is 29.8 Å². The van der Waals surface area contributed by atoms with Gasteiger partial charge in [0.1, 0.15) is 48.0 Å². The second-order valence-electron chi connectivity index (χ2n) is 17.8. The van der Waals surface area contributed by atoms with Gasteiger partial charge in [0.15, 0.2) is 17.9 Å². The van der Waals surface area contributed by atoms with Gasteiger partial charge in [0.25, 0.3) is 0 Å². The molecular weight excluding hydrogens is 1050 g/mol. The van der Waals surface area contributed by atoms with Gasteiger partial charge >= 0.3 is 17.9 Å². The molecule has 1 aromatic carbocycles. The second kappa shape index (κ2) is 35.3. The number of phenols is 1. The zero-order chi connectivity index (χ0) is 59.9. The molecule has 0 heterocycles. The summed E-state index contributed by atoms with van der Waals surface area (Å²) in [5.41, 5.74) is 44.1. The molecule has 79 heavy (non-hydrogen) atoms. The van der Waals surface area contributed by atoms with Gasteiger partial charge in [-0.3, -0.25) is 62.9 Å². The number of aliphatic hydroxyl groups excluding tert-OH is 1. The molecule has 0 bridgehead atoms. The lowest BCUT2D eigenvalue weighted by Crippen LogP contribution is -2.62. The summed E-state index contributed by atoms with van der Waals surface area (Å²) in [4.78, 5) is 155. The molecule has 34 nitrogen and oxygen atoms in total. The fraction of sp³-hybridized carbons (Fsp3) is 0.556. The summed E-state index contributed by atoms with van der Waals surface area (Å²) < 4.78 is 0. The summed E-state index contributed by atoms with van der Waals surface area (Å²) in [6.07, 6.45) is -5.92. The van der Waals surface area contributed by atoms with Crippen LogP contribution in [0.3, 0.4) is 0 Å². The Hall–Kier alpha value is -9.08. The number of benzene rings is 1. The number of carboxylic acids is 3. The average molecular weight is 1120 g/mol. The van der Waals surface area contributed by atoms with Crippen molar-refractivity contribution in [2.24, 2.45) is 60.8 Å². The highest BCUT2D eigenvalue weighted by Gasteiger charge is 2.36. The monoisotopic (exact) mass is 1120 g/mol. The number of aliphatic carboxylic acids is 3. The summed E-state index contributed by atoms with van der Waals surface area (Å²) in [6.45, 7) is 1.06. The van der Waals surface area contributed by atoms with Crippen molar-refractivity contribution in [3.63, 3.8) is 0 Å². The van der Waals surface area contributed by atoms with Crippen LogP contribution in [0.5, 0.6) is 5.75 Å². The number of aromatic hydroxyl groups is 1. The van der Waals surface area contributed by atoms with Crippen molar-refractivity contribution in [2.75, 3.05) is 19.6 Å². The minimum absolute atomic E-state index is 0.00340. The van der Waals surface area contributed by atoms with E-state index in [1.165, 1.54) is 24.3 Å². The van der Waals surface area contributed by atoms with Gasteiger partial charge in [-0.05, 0) is 76.0 Å². The first kappa shape index (κ1) is 67.9. The lowest BCUT2D eigenvalue weighted by molar-refractivity contribution is -0.144. The van der Waals surface area contributed by atoms with Crippen LogP contribution in [0, 0.1) is 0 Å². The maximum absolute atomic E-state index is 14.1. The van der Waals surface area contributed by atoms with E-state index in [4.69, 9.17) is 45.9 Å². The molecule has 34 heteroatoms. The normalized spacial score (nSPS) is 14.2. The molecule has 0 saturated carbocycles. The lowest BCUT2D eigenvalue weighted by atomic mass is 10.0. The number of nitrogens with zero attached hydrogens (tertiary/aromatic N) is 3. The van der Waals surface area contributed by atoms with Crippen LogP contribution in [0.2, 0.25) is 0 Å². The van der Waals surface area contributed by atoms with Crippen molar-refractivity contribution in [1.82, 2.24) is 37.2 Å². The number of aliphatic imine (C=N–C) groups is 3. The molecule has 9 atom stereocenters. The van der Waals surface area contributed by atoms with E-state index in [-0.39, 0.29) is 88.2 Å². The number of carboxylic acid groups (broad SMARTS) is 3. The van der Waals surface area contributed by atoms with E-state index in [0.29, 0.717) is 5.56 Å². The molecule has 0 aliphatic rings. The quantitative estimate of drug-likeness (QED) is 0.0166. The number of nitrogens with one attached hydrogen (secondary N) is 7. The Bertz CT molecular complexity index is 2360. The number of guanidine groups is 3. The number of hydrogen-bond acceptors (Lipinski definition) is 17. The van der Waals surface area contributed by atoms with Crippen molar-refractivity contribution in [3.8, 4) is 5.75 Å². The first-order chi connectivity index (χ1) is 37.0. The Labute approximate surface area is 452 Å². The van der Waals surface area contributed by atoms with Crippen LogP contribution in [0.25, 0.3) is 0 Å². The van der Waals surface area contributed by atoms with Gasteiger partial charge in [-0.2, -0.15) is 0 Å². The molecule has 0 radical (unpaired) electrons. The minimum atomic E-state index is -2.06. The van der Waals surface area contributed by atoms with E-state index in [1.54, 1.807) is 0 Å². The maximum Gasteiger partial charge on any atom is 0.326 e. The van der Waals surface area contributed by atoms with Gasteiger partial charge in [-0.25, -0.2) is 4.79 Å². The SMILES string of the molecule is C[C@@H](O)[C@H](NC(=O)[C@H](CCC(N)=O)NC(=O)[C@H](CCC(=O)O)NC(=O)[C@H](CCCN=C(N)N)NC(=O)[C@H](CCCN=C(N)N)NC(=O)[C@@H](N)CCCN=C(N)N)C(=O)N[C@@H](CC(=O)O)C(=O)N[C@@H](Cc1ccc(O)cc1)C(=O)O. The number of phenolic OH excluding ortho intramolecular Hbond substituents is 1. The Morgan fingerprint density at radius 3 is 1.27 bits per heavy atom. The molecule has 0 unspecified atom stereocenters. The van der Waals surface area contributed by atoms with Crippen molar-refractivity contribution in [2.45, 2.75) is 138 Å². The summed E-state index contributed by atoms with van der Waals surface area (Å²) in [6, 6.07) is -8.38. The number of nitrogens with two attached hydrogens (primary N) is 8. The van der Waals surface area contributed by atoms with Crippen LogP contribution in [-0.4, -0.2) is 183 Å². The summed E-state index contributed by atoms with van der Waals surface area (Å²) in [7, 11) is 0. The lowest BCUT2D eigenvalue weighted by Gasteiger charge is -2.28. The smallest absolute Gasteiger partial charge is 0.326 e. The van der Waals surface area contributed by atoms with E-state index >= 15 is 0 Å². The molecule has 1 rings (SSSR count). The van der Waals surface area contributed by atoms with E-state index < -0.39 is 152 Å². The van der Waals surface area contributed by atoms with Gasteiger partial charge in [0.2, 0.25) is 47.3 Å². The molecule has 0 saturated heterocycles. The van der Waals surface area contributed by atoms with Gasteiger partial charge in [-0.1, -0.05) is 12.1 Å². The Balaban J connectivity index is 3.56. The first-order valence-electron chi connectivity index (χ1n) is 24.5. The number of carbonyl (C=O) groups excluding carboxylic acids is 8. The average Bonchev–Trinajstić information content (AvgIpc) is 3.35. The minimum Gasteiger partial charge on any atom is -0.508 e. The van der Waals surface area contributed by atoms with Crippen molar-refractivity contribution < 1.29 is 78.3 Å². The molecule has 440 valence electrons. The number of aliphatic hydroxyl groups is 1. The zero-order valence-corrected chi connectivity index (χ0v) is 43.3. The molecule has 0 aliphatic heterocycles. The number of primary amides is 1. The topological polar surface area (TPSA) is 618 Å². The molecule has 1 aromatic rings. The van der Waals surface area contributed by atoms with Crippen LogP contribution in [-0.2, 0) is 59.2 Å². The van der Waals surface area contributed by atoms with Crippen LogP contribution in [0.1, 0.15) is 83.1 Å². The highest BCUT2D eigenvalue weighted by molar-refractivity contribution is 5.98. The van der Waals surface area contributed by atoms with E-state index in [1.807, 2.05) is 5.32 Å². The fourth-order valence-electron chi connectivity index (χ4n) is 7.03. The Kier molecular flexibility index (Phi) is 30.3. The largest absolute Gasteiger partial charge is 0.508 e. The Morgan fingerprint density at radius 2 is 0.861 bits per heavy atom. The third-order valence-corrected chi connectivity index (χ3v) is 11.1. The predicted molar refractivity (Wildman–Crippen MR) is 280 cm³/mol. The predicted octanol–water partition coefficient (Wildman–Crippen LogP) is -8.11. The molecule has 8 amide bonds. The summed E-state index contributed by atoms with van der Waals surface area (Å²) in [5.74, 6) is -14.7. The van der Waals surface area contributed by atoms with Crippen molar-refractivity contribution >= 4 is 83.0 Å². The molecule has 0 spiro atoms. The number of hydrogen-bond donors (Lipinski definition) is 20. The number of rotatable bonds is 38. The van der Waals surface area contributed by atoms with Crippen LogP contribution >= 0.6 is 0 Å². The highest BCUT2D eigenvalue weighted by Crippen LogP contribution is 2.13. The molecule has 0 aliphatic carbocycles. The van der Waals surface area contributed by atoms with E-state index in [2.05, 4.69) is 46.9 Å². The van der Waals surface area contributed by atoms with Gasteiger partial charge in [-0.15, -0.1) is 0 Å². The van der Waals surface area contributed by atoms with E-state index in [0.717, 1.165) is 6.92 Å². The second-order valence-corrected chi connectivity index (χ2v) is 17.8. The summed E-state index contributed by atoms with van der Waals surface area (Å²) >= 11 is 0. The first-order valence-corrected chi connectivity index (χ1v) is 24.5. The standard InChI is InChI=1S/C45H74N18O16/c1-21(64)34(41(77)61-29(20-33(69)70)40(76)62-30(42(78)79)19-22-8-10-23(65)11-9-22)63-39(75)27(12-14-31(47)66)59-38(74)28(13-15-32(67)68)60-37(73)26(7-4-18-56-45(52)53)58-36(72)25(6-3-17-55-44(50)51)57-35(71)24(46)5-2-16-54-43(48)49/h8-11,21,24-30,34,64-65H,2-7,12-20,46H2,1H3,(H2,47,66)(H,57,71)(H,58,72)(H,59,74)(H,60,73)(H,61,77)(H,62,76)(H,63,75)(H,67,68)(H,69,70)(H,78,79)(H4,48,49,54)(H4,50,51,55)(H4,52,53,56)/t21-,24+,25+,26+,27+,28+,29+,30+,34+/m1/s1. The van der Waals surface area contributed by atoms with Gasteiger partial charge in [0.05, 0.1) is 18.6 Å². The molecule has 0 aromatic heterocycles. The number of carbonyl (C=O) groups is 11. The molecular formula is C45H74N18O16. The Morgan fingerprint density at radius 1 is 0.481 bits per heavy atom. The van der Waals surface area contributed by atoms with Crippen LogP contribution in [0.4, 0.5) is 0 Å². The number of amides is 8. The van der Waals surface area contributed by atoms with Crippen LogP contribution < -0.4 is 83.1 Å². The zero-order valence-electron chi connectivity index (χ0n) is 43.3. The summed E-state index contributed by atoms with van der Waals surface area (Å²) in [5, 5.41) is 65.1. The highest BCUT2D eigenvalue weighted by atomic mass is 16.4. The van der Waals surface area contributed by atoms with E-state index in [9.17, 15) is 78.3 Å². The molecule has 0 fully saturated rings. The van der Waals surface area contributed by atoms with Crippen LogP contribution in [0.15, 0.2) is 39.2 Å². The third-order valence-electron chi connectivity index (χ3n) is 11.1.